The van der Waals surface area contributed by atoms with Crippen LogP contribution in [0.5, 0.6) is 5.75 Å². The van der Waals surface area contributed by atoms with Crippen LogP contribution < -0.4 is 15.0 Å². The van der Waals surface area contributed by atoms with Crippen LogP contribution in [-0.4, -0.2) is 34.1 Å². The van der Waals surface area contributed by atoms with Crippen LogP contribution in [0.25, 0.3) is 0 Å². The molecule has 1 aromatic heterocycles. The third-order valence-corrected chi connectivity index (χ3v) is 5.05. The minimum Gasteiger partial charge on any atom is -0.497 e. The van der Waals surface area contributed by atoms with Gasteiger partial charge in [-0.15, -0.1) is 5.10 Å². The van der Waals surface area contributed by atoms with Gasteiger partial charge in [-0.1, -0.05) is 34.3 Å². The van der Waals surface area contributed by atoms with Crippen molar-refractivity contribution < 1.29 is 14.3 Å². The Bertz CT molecular complexity index is 1030. The van der Waals surface area contributed by atoms with Crippen molar-refractivity contribution >= 4 is 29.0 Å². The summed E-state index contributed by atoms with van der Waals surface area (Å²) in [7, 11) is 1.57. The molecule has 2 amide bonds. The molecule has 0 unspecified atom stereocenters. The lowest BCUT2D eigenvalue weighted by molar-refractivity contribution is -0.123. The first-order valence-electron chi connectivity index (χ1n) is 9.83. The van der Waals surface area contributed by atoms with E-state index in [1.165, 1.54) is 4.90 Å². The fourth-order valence-corrected chi connectivity index (χ4v) is 3.54. The molecule has 8 heteroatoms. The van der Waals surface area contributed by atoms with Gasteiger partial charge in [-0.25, -0.2) is 0 Å². The Kier molecular flexibility index (Phi) is 6.70. The molecule has 1 atom stereocenters. The number of hydrogen-bond donors (Lipinski definition) is 1. The normalized spacial score (nSPS) is 12.2. The van der Waals surface area contributed by atoms with Crippen LogP contribution in [0.1, 0.15) is 48.4 Å². The number of nitrogens with one attached hydrogen (secondary N) is 1. The molecule has 7 nitrogen and oxygen atoms in total. The highest BCUT2D eigenvalue weighted by Gasteiger charge is 2.35. The number of ether oxygens (including phenoxy) is 1. The van der Waals surface area contributed by atoms with Crippen LogP contribution >= 0.6 is 11.5 Å². The molecule has 0 saturated heterocycles. The highest BCUT2D eigenvalue weighted by atomic mass is 32.1. The summed E-state index contributed by atoms with van der Waals surface area (Å²) in [6.07, 6.45) is 0. The van der Waals surface area contributed by atoms with Gasteiger partial charge in [0.05, 0.1) is 7.11 Å². The lowest BCUT2D eigenvalue weighted by Gasteiger charge is -2.33. The van der Waals surface area contributed by atoms with Gasteiger partial charge in [0.15, 0.2) is 5.69 Å². The van der Waals surface area contributed by atoms with Crippen molar-refractivity contribution in [2.45, 2.75) is 39.3 Å². The molecule has 1 heterocycles. The molecule has 0 fully saturated rings. The lowest BCUT2D eigenvalue weighted by atomic mass is 9.99. The first-order valence-corrected chi connectivity index (χ1v) is 10.7. The van der Waals surface area contributed by atoms with E-state index in [1.54, 1.807) is 36.8 Å². The molecular formula is C23H26N4O3S. The zero-order chi connectivity index (χ0) is 22.6. The van der Waals surface area contributed by atoms with E-state index < -0.39 is 17.5 Å². The molecule has 162 valence electrons. The minimum absolute atomic E-state index is 0.182. The number of hydrogen-bond acceptors (Lipinski definition) is 6. The third kappa shape index (κ3) is 5.46. The number of aryl methyl sites for hydroxylation is 1. The summed E-state index contributed by atoms with van der Waals surface area (Å²) in [6.45, 7) is 7.68. The van der Waals surface area contributed by atoms with Crippen LogP contribution in [0.4, 0.5) is 5.69 Å². The molecule has 0 aliphatic heterocycles. The van der Waals surface area contributed by atoms with Crippen LogP contribution in [0, 0.1) is 6.92 Å². The first kappa shape index (κ1) is 22.4. The molecule has 0 aliphatic rings. The molecule has 0 radical (unpaired) electrons. The van der Waals surface area contributed by atoms with Crippen LogP contribution in [0.15, 0.2) is 53.9 Å². The zero-order valence-electron chi connectivity index (χ0n) is 18.2. The van der Waals surface area contributed by atoms with Gasteiger partial charge in [0.1, 0.15) is 11.8 Å². The van der Waals surface area contributed by atoms with E-state index in [0.717, 1.165) is 17.1 Å². The molecule has 3 aromatic rings. The average Bonchev–Trinajstić information content (AvgIpc) is 3.26. The molecular weight excluding hydrogens is 412 g/mol. The highest BCUT2D eigenvalue weighted by Crippen LogP contribution is 2.31. The fourth-order valence-electron chi connectivity index (χ4n) is 3.11. The maximum absolute atomic E-state index is 13.5. The average molecular weight is 439 g/mol. The second-order valence-electron chi connectivity index (χ2n) is 8.22. The van der Waals surface area contributed by atoms with Crippen LogP contribution in [-0.2, 0) is 4.79 Å². The smallest absolute Gasteiger partial charge is 0.280 e. The fraction of sp³-hybridized carbons (Fsp3) is 0.304. The van der Waals surface area contributed by atoms with E-state index in [0.29, 0.717) is 17.0 Å². The van der Waals surface area contributed by atoms with E-state index in [-0.39, 0.29) is 11.6 Å². The predicted molar refractivity (Wildman–Crippen MR) is 122 cm³/mol. The monoisotopic (exact) mass is 438 g/mol. The number of amides is 2. The molecule has 0 spiro atoms. The van der Waals surface area contributed by atoms with Gasteiger partial charge in [-0.3, -0.25) is 14.5 Å². The van der Waals surface area contributed by atoms with Crippen molar-refractivity contribution in [3.63, 3.8) is 0 Å². The number of carbonyl (C=O) groups excluding carboxylic acids is 2. The molecule has 0 bridgehead atoms. The van der Waals surface area contributed by atoms with Gasteiger partial charge in [0.25, 0.3) is 5.91 Å². The van der Waals surface area contributed by atoms with Crippen molar-refractivity contribution in [3.05, 3.63) is 70.7 Å². The van der Waals surface area contributed by atoms with Crippen molar-refractivity contribution in [1.82, 2.24) is 14.9 Å². The second-order valence-corrected chi connectivity index (χ2v) is 8.83. The number of aromatic nitrogens is 2. The summed E-state index contributed by atoms with van der Waals surface area (Å²) in [5, 5.41) is 8.53. The van der Waals surface area contributed by atoms with Crippen molar-refractivity contribution in [2.75, 3.05) is 12.0 Å². The SMILES string of the molecule is COc1ccc(N(C(=O)c2csnn2)[C@@H](C(=O)NC(C)(C)C)c2ccc(C)cc2)cc1. The Morgan fingerprint density at radius 2 is 1.71 bits per heavy atom. The summed E-state index contributed by atoms with van der Waals surface area (Å²) in [5.74, 6) is -0.0465. The molecule has 2 aromatic carbocycles. The molecule has 3 rings (SSSR count). The van der Waals surface area contributed by atoms with E-state index in [9.17, 15) is 9.59 Å². The Labute approximate surface area is 186 Å². The van der Waals surface area contributed by atoms with Crippen molar-refractivity contribution in [1.29, 1.82) is 0 Å². The lowest BCUT2D eigenvalue weighted by Crippen LogP contribution is -2.49. The van der Waals surface area contributed by atoms with Crippen LogP contribution in [0.3, 0.4) is 0 Å². The molecule has 1 N–H and O–H groups in total. The number of carbonyl (C=O) groups is 2. The Balaban J connectivity index is 2.16. The van der Waals surface area contributed by atoms with Crippen molar-refractivity contribution in [2.24, 2.45) is 0 Å². The molecule has 0 saturated carbocycles. The molecule has 31 heavy (non-hydrogen) atoms. The maximum atomic E-state index is 13.5. The summed E-state index contributed by atoms with van der Waals surface area (Å²) in [4.78, 5) is 28.5. The molecule has 0 aliphatic carbocycles. The Hall–Kier alpha value is -3.26. The van der Waals surface area contributed by atoms with E-state index in [2.05, 4.69) is 14.9 Å². The number of methoxy groups -OCH3 is 1. The van der Waals surface area contributed by atoms with Gasteiger partial charge in [0.2, 0.25) is 5.91 Å². The minimum atomic E-state index is -0.901. The Morgan fingerprint density at radius 3 is 2.23 bits per heavy atom. The van der Waals surface area contributed by atoms with E-state index >= 15 is 0 Å². The largest absolute Gasteiger partial charge is 0.497 e. The van der Waals surface area contributed by atoms with Gasteiger partial charge in [-0.05, 0) is 69.1 Å². The topological polar surface area (TPSA) is 84.4 Å². The number of nitrogens with zero attached hydrogens (tertiary/aromatic N) is 3. The number of anilines is 1. The van der Waals surface area contributed by atoms with Crippen molar-refractivity contribution in [3.8, 4) is 5.75 Å². The maximum Gasteiger partial charge on any atom is 0.280 e. The Morgan fingerprint density at radius 1 is 1.06 bits per heavy atom. The summed E-state index contributed by atoms with van der Waals surface area (Å²) in [5.41, 5.74) is 2.01. The first-order chi connectivity index (χ1) is 14.7. The van der Waals surface area contributed by atoms with Crippen LogP contribution in [0.2, 0.25) is 0 Å². The summed E-state index contributed by atoms with van der Waals surface area (Å²) in [6, 6.07) is 13.7. The van der Waals surface area contributed by atoms with Gasteiger partial charge in [0, 0.05) is 16.6 Å². The summed E-state index contributed by atoms with van der Waals surface area (Å²) >= 11 is 1.09. The standard InChI is InChI=1S/C23H26N4O3S/c1-15-6-8-16(9-7-15)20(21(28)24-23(2,3)4)27(22(29)19-14-31-26-25-19)17-10-12-18(30-5)13-11-17/h6-14,20H,1-5H3,(H,24,28)/t20-/m1/s1. The second kappa shape index (κ2) is 9.26. The van der Waals surface area contributed by atoms with Gasteiger partial charge < -0.3 is 10.1 Å². The number of benzene rings is 2. The van der Waals surface area contributed by atoms with Gasteiger partial charge in [-0.2, -0.15) is 0 Å². The quantitative estimate of drug-likeness (QED) is 0.625. The zero-order valence-corrected chi connectivity index (χ0v) is 19.1. The number of rotatable bonds is 6. The van der Waals surface area contributed by atoms with E-state index in [4.69, 9.17) is 4.74 Å². The third-order valence-electron chi connectivity index (χ3n) is 4.55. The predicted octanol–water partition coefficient (Wildman–Crippen LogP) is 4.16. The van der Waals surface area contributed by atoms with Gasteiger partial charge >= 0.3 is 0 Å². The highest BCUT2D eigenvalue weighted by molar-refractivity contribution is 7.03. The van der Waals surface area contributed by atoms with E-state index in [1.807, 2.05) is 52.0 Å². The summed E-state index contributed by atoms with van der Waals surface area (Å²) < 4.78 is 9.07.